The molecule has 0 unspecified atom stereocenters. The van der Waals surface area contributed by atoms with E-state index in [-0.39, 0.29) is 5.91 Å². The number of amides is 1. The van der Waals surface area contributed by atoms with Crippen molar-refractivity contribution in [2.24, 2.45) is 5.73 Å². The van der Waals surface area contributed by atoms with Gasteiger partial charge in [-0.2, -0.15) is 0 Å². The molecule has 1 amide bonds. The highest BCUT2D eigenvalue weighted by molar-refractivity contribution is 7.80. The lowest BCUT2D eigenvalue weighted by atomic mass is 10.2. The van der Waals surface area contributed by atoms with E-state index in [4.69, 9.17) is 18.0 Å². The van der Waals surface area contributed by atoms with Crippen LogP contribution in [-0.4, -0.2) is 17.4 Å². The Labute approximate surface area is 121 Å². The number of carbonyl (C=O) groups excluding carboxylic acids is 1. The molecule has 0 saturated heterocycles. The molecule has 5 heteroatoms. The maximum Gasteiger partial charge on any atom is 0.268 e. The predicted molar refractivity (Wildman–Crippen MR) is 83.8 cm³/mol. The molecule has 0 aliphatic rings. The number of anilines is 1. The minimum atomic E-state index is -0.0162. The van der Waals surface area contributed by atoms with E-state index in [2.05, 4.69) is 0 Å². The Bertz CT molecular complexity index is 552. The van der Waals surface area contributed by atoms with Gasteiger partial charge in [0.25, 0.3) is 5.91 Å². The average Bonchev–Trinajstić information content (AvgIpc) is 2.93. The molecule has 0 spiro atoms. The standard InChI is InChI=1S/C14H14N2OS2/c15-13(18)8-9-16(11-5-2-1-3-6-11)14(17)12-7-4-10-19-12/h1-7,10H,8-9H2,(H2,15,18). The second-order valence-electron chi connectivity index (χ2n) is 3.99. The minimum absolute atomic E-state index is 0.0162. The van der Waals surface area contributed by atoms with Crippen molar-refractivity contribution in [3.05, 3.63) is 52.7 Å². The Morgan fingerprint density at radius 3 is 2.53 bits per heavy atom. The molecule has 19 heavy (non-hydrogen) atoms. The van der Waals surface area contributed by atoms with Crippen molar-refractivity contribution in [1.82, 2.24) is 0 Å². The maximum absolute atomic E-state index is 12.5. The summed E-state index contributed by atoms with van der Waals surface area (Å²) in [6.07, 6.45) is 0.515. The van der Waals surface area contributed by atoms with Gasteiger partial charge in [0.05, 0.1) is 9.87 Å². The number of para-hydroxylation sites is 1. The molecule has 0 aliphatic carbocycles. The molecule has 1 aromatic carbocycles. The quantitative estimate of drug-likeness (QED) is 0.861. The Morgan fingerprint density at radius 1 is 1.21 bits per heavy atom. The van der Waals surface area contributed by atoms with Crippen LogP contribution in [0.4, 0.5) is 5.69 Å². The van der Waals surface area contributed by atoms with Gasteiger partial charge >= 0.3 is 0 Å². The Hall–Kier alpha value is -1.72. The molecular weight excluding hydrogens is 276 g/mol. The fraction of sp³-hybridized carbons (Fsp3) is 0.143. The van der Waals surface area contributed by atoms with Crippen molar-refractivity contribution in [3.63, 3.8) is 0 Å². The lowest BCUT2D eigenvalue weighted by Gasteiger charge is -2.22. The summed E-state index contributed by atoms with van der Waals surface area (Å²) >= 11 is 6.33. The van der Waals surface area contributed by atoms with Crippen LogP contribution in [0, 0.1) is 0 Å². The number of nitrogens with two attached hydrogens (primary N) is 1. The van der Waals surface area contributed by atoms with Gasteiger partial charge in [-0.25, -0.2) is 0 Å². The van der Waals surface area contributed by atoms with Crippen LogP contribution in [-0.2, 0) is 0 Å². The summed E-state index contributed by atoms with van der Waals surface area (Å²) in [6, 6.07) is 13.2. The van der Waals surface area contributed by atoms with Crippen LogP contribution >= 0.6 is 23.6 Å². The molecule has 0 saturated carbocycles. The summed E-state index contributed by atoms with van der Waals surface area (Å²) in [5.41, 5.74) is 6.39. The molecule has 1 heterocycles. The zero-order valence-corrected chi connectivity index (χ0v) is 11.9. The minimum Gasteiger partial charge on any atom is -0.393 e. The number of hydrogen-bond acceptors (Lipinski definition) is 3. The van der Waals surface area contributed by atoms with Crippen molar-refractivity contribution in [2.75, 3.05) is 11.4 Å². The van der Waals surface area contributed by atoms with E-state index in [1.54, 1.807) is 4.90 Å². The van der Waals surface area contributed by atoms with E-state index in [0.29, 0.717) is 22.8 Å². The fourth-order valence-corrected chi connectivity index (χ4v) is 2.47. The molecule has 98 valence electrons. The largest absolute Gasteiger partial charge is 0.393 e. The Balaban J connectivity index is 2.24. The first-order chi connectivity index (χ1) is 9.18. The highest BCUT2D eigenvalue weighted by Gasteiger charge is 2.18. The molecule has 0 aliphatic heterocycles. The van der Waals surface area contributed by atoms with Gasteiger partial charge < -0.3 is 10.6 Å². The average molecular weight is 290 g/mol. The second kappa shape index (κ2) is 6.45. The molecule has 0 fully saturated rings. The van der Waals surface area contributed by atoms with E-state index in [1.165, 1.54) is 11.3 Å². The molecule has 3 nitrogen and oxygen atoms in total. The number of hydrogen-bond donors (Lipinski definition) is 1. The summed E-state index contributed by atoms with van der Waals surface area (Å²) in [7, 11) is 0. The van der Waals surface area contributed by atoms with Gasteiger partial charge in [-0.05, 0) is 23.6 Å². The van der Waals surface area contributed by atoms with E-state index in [9.17, 15) is 4.79 Å². The number of thiophene rings is 1. The van der Waals surface area contributed by atoms with Crippen LogP contribution in [0.5, 0.6) is 0 Å². The summed E-state index contributed by atoms with van der Waals surface area (Å²) < 4.78 is 0. The first kappa shape index (κ1) is 13.7. The first-order valence-corrected chi connectivity index (χ1v) is 7.16. The van der Waals surface area contributed by atoms with Gasteiger partial charge in [0.2, 0.25) is 0 Å². The summed E-state index contributed by atoms with van der Waals surface area (Å²) in [5.74, 6) is -0.0162. The van der Waals surface area contributed by atoms with Crippen LogP contribution in [0.15, 0.2) is 47.8 Å². The molecule has 1 aromatic heterocycles. The highest BCUT2D eigenvalue weighted by atomic mass is 32.1. The molecule has 0 bridgehead atoms. The topological polar surface area (TPSA) is 46.3 Å². The van der Waals surface area contributed by atoms with Crippen molar-refractivity contribution in [1.29, 1.82) is 0 Å². The first-order valence-electron chi connectivity index (χ1n) is 5.87. The number of rotatable bonds is 5. The molecule has 0 radical (unpaired) electrons. The normalized spacial score (nSPS) is 10.1. The number of nitrogens with zero attached hydrogens (tertiary/aromatic N) is 1. The number of benzene rings is 1. The van der Waals surface area contributed by atoms with Crippen LogP contribution < -0.4 is 10.6 Å². The number of carbonyl (C=O) groups is 1. The van der Waals surface area contributed by atoms with Gasteiger partial charge in [0.1, 0.15) is 0 Å². The lowest BCUT2D eigenvalue weighted by molar-refractivity contribution is 0.0991. The number of thiocarbonyl (C=S) groups is 1. The Kier molecular flexibility index (Phi) is 4.65. The maximum atomic E-state index is 12.5. The summed E-state index contributed by atoms with van der Waals surface area (Å²) in [4.78, 5) is 15.3. The van der Waals surface area contributed by atoms with E-state index in [1.807, 2.05) is 47.8 Å². The molecule has 0 atom stereocenters. The lowest BCUT2D eigenvalue weighted by Crippen LogP contribution is -2.33. The Morgan fingerprint density at radius 2 is 1.95 bits per heavy atom. The van der Waals surface area contributed by atoms with E-state index >= 15 is 0 Å². The zero-order chi connectivity index (χ0) is 13.7. The van der Waals surface area contributed by atoms with Crippen molar-refractivity contribution < 1.29 is 4.79 Å². The highest BCUT2D eigenvalue weighted by Crippen LogP contribution is 2.19. The van der Waals surface area contributed by atoms with E-state index in [0.717, 1.165) is 5.69 Å². The third kappa shape index (κ3) is 3.62. The monoisotopic (exact) mass is 290 g/mol. The van der Waals surface area contributed by atoms with Gasteiger partial charge in [-0.15, -0.1) is 11.3 Å². The molecular formula is C14H14N2OS2. The van der Waals surface area contributed by atoms with Crippen molar-refractivity contribution >= 4 is 40.1 Å². The third-order valence-electron chi connectivity index (χ3n) is 2.63. The zero-order valence-electron chi connectivity index (χ0n) is 10.3. The van der Waals surface area contributed by atoms with Crippen LogP contribution in [0.2, 0.25) is 0 Å². The molecule has 2 aromatic rings. The van der Waals surface area contributed by atoms with Gasteiger partial charge in [-0.3, -0.25) is 4.79 Å². The van der Waals surface area contributed by atoms with Gasteiger partial charge in [-0.1, -0.05) is 36.5 Å². The smallest absolute Gasteiger partial charge is 0.268 e. The van der Waals surface area contributed by atoms with Crippen LogP contribution in [0.25, 0.3) is 0 Å². The molecule has 2 N–H and O–H groups in total. The van der Waals surface area contributed by atoms with Gasteiger partial charge in [0.15, 0.2) is 0 Å². The second-order valence-corrected chi connectivity index (χ2v) is 5.46. The van der Waals surface area contributed by atoms with Crippen LogP contribution in [0.3, 0.4) is 0 Å². The van der Waals surface area contributed by atoms with Crippen molar-refractivity contribution in [2.45, 2.75) is 6.42 Å². The summed E-state index contributed by atoms with van der Waals surface area (Å²) in [6.45, 7) is 0.496. The SMILES string of the molecule is NC(=S)CCN(C(=O)c1cccs1)c1ccccc1. The third-order valence-corrected chi connectivity index (χ3v) is 3.69. The van der Waals surface area contributed by atoms with E-state index < -0.39 is 0 Å². The van der Waals surface area contributed by atoms with Crippen molar-refractivity contribution in [3.8, 4) is 0 Å². The van der Waals surface area contributed by atoms with Gasteiger partial charge in [0, 0.05) is 18.7 Å². The molecule has 2 rings (SSSR count). The van der Waals surface area contributed by atoms with Crippen LogP contribution in [0.1, 0.15) is 16.1 Å². The predicted octanol–water partition coefficient (Wildman–Crippen LogP) is 3.07. The fourth-order valence-electron chi connectivity index (χ4n) is 1.71. The summed E-state index contributed by atoms with van der Waals surface area (Å²) in [5, 5.41) is 1.89.